The van der Waals surface area contributed by atoms with Crippen LogP contribution in [0.3, 0.4) is 0 Å². The van der Waals surface area contributed by atoms with E-state index in [0.717, 1.165) is 35.6 Å². The Morgan fingerprint density at radius 3 is 2.54 bits per heavy atom. The number of nitrogens with one attached hydrogen (secondary N) is 1. The highest BCUT2D eigenvalue weighted by Crippen LogP contribution is 2.29. The van der Waals surface area contributed by atoms with Gasteiger partial charge >= 0.3 is 6.18 Å². The molecule has 0 fully saturated rings. The lowest BCUT2D eigenvalue weighted by Gasteiger charge is -2.07. The zero-order chi connectivity index (χ0) is 18.6. The Labute approximate surface area is 148 Å². The van der Waals surface area contributed by atoms with Crippen LogP contribution in [0.2, 0.25) is 0 Å². The highest BCUT2D eigenvalue weighted by atomic mass is 19.4. The molecule has 0 bridgehead atoms. The van der Waals surface area contributed by atoms with E-state index in [-0.39, 0.29) is 0 Å². The van der Waals surface area contributed by atoms with Crippen molar-refractivity contribution in [3.05, 3.63) is 65.5 Å². The van der Waals surface area contributed by atoms with Crippen molar-refractivity contribution < 1.29 is 13.2 Å². The second kappa shape index (κ2) is 7.69. The molecule has 0 aliphatic rings. The highest BCUT2D eigenvalue weighted by molar-refractivity contribution is 5.24. The fourth-order valence-corrected chi connectivity index (χ4v) is 2.57. The Bertz CT molecular complexity index is 835. The number of benzene rings is 1. The van der Waals surface area contributed by atoms with Crippen LogP contribution in [-0.2, 0) is 32.4 Å². The summed E-state index contributed by atoms with van der Waals surface area (Å²) in [5, 5.41) is 15.5. The topological polar surface area (TPSA) is 60.6 Å². The largest absolute Gasteiger partial charge is 0.416 e. The molecule has 0 amide bonds. The molecule has 26 heavy (non-hydrogen) atoms. The van der Waals surface area contributed by atoms with Crippen molar-refractivity contribution in [1.29, 1.82) is 0 Å². The molecule has 2 heterocycles. The van der Waals surface area contributed by atoms with Gasteiger partial charge in [0.2, 0.25) is 0 Å². The van der Waals surface area contributed by atoms with Crippen LogP contribution in [0, 0.1) is 0 Å². The fourth-order valence-electron chi connectivity index (χ4n) is 2.57. The van der Waals surface area contributed by atoms with Crippen LogP contribution in [-0.4, -0.2) is 24.5 Å². The molecule has 3 aromatic rings. The number of nitrogens with zero attached hydrogens (tertiary/aromatic N) is 5. The molecule has 1 aromatic carbocycles. The van der Waals surface area contributed by atoms with Crippen LogP contribution in [0.15, 0.2) is 43.0 Å². The number of hydrogen-bond acceptors (Lipinski definition) is 4. The quantitative estimate of drug-likeness (QED) is 0.700. The maximum Gasteiger partial charge on any atom is 0.416 e. The highest BCUT2D eigenvalue weighted by Gasteiger charge is 2.29. The maximum absolute atomic E-state index is 12.6. The SMILES string of the molecule is CCn1cnnc1CNCc1cnn(Cc2ccc(C(F)(F)F)cc2)c1. The third kappa shape index (κ3) is 4.48. The molecule has 2 aromatic heterocycles. The molecule has 0 aliphatic heterocycles. The summed E-state index contributed by atoms with van der Waals surface area (Å²) < 4.78 is 41.4. The molecule has 0 saturated carbocycles. The van der Waals surface area contributed by atoms with Crippen LogP contribution < -0.4 is 5.32 Å². The van der Waals surface area contributed by atoms with Crippen molar-refractivity contribution in [2.45, 2.75) is 39.3 Å². The summed E-state index contributed by atoms with van der Waals surface area (Å²) in [6.07, 6.45) is 0.987. The summed E-state index contributed by atoms with van der Waals surface area (Å²) in [6.45, 7) is 4.47. The van der Waals surface area contributed by atoms with Crippen LogP contribution in [0.1, 0.15) is 29.4 Å². The predicted molar refractivity (Wildman–Crippen MR) is 89.0 cm³/mol. The molecular weight excluding hydrogens is 345 g/mol. The molecule has 0 radical (unpaired) electrons. The first kappa shape index (κ1) is 18.1. The minimum Gasteiger partial charge on any atom is -0.317 e. The molecule has 0 saturated heterocycles. The first-order valence-electron chi connectivity index (χ1n) is 8.20. The summed E-state index contributed by atoms with van der Waals surface area (Å²) in [5.41, 5.74) is 1.10. The second-order valence-corrected chi connectivity index (χ2v) is 5.88. The smallest absolute Gasteiger partial charge is 0.317 e. The van der Waals surface area contributed by atoms with Crippen molar-refractivity contribution in [3.8, 4) is 0 Å². The fraction of sp³-hybridized carbons (Fsp3) is 0.353. The molecule has 138 valence electrons. The number of aromatic nitrogens is 5. The molecule has 0 atom stereocenters. The predicted octanol–water partition coefficient (Wildman–Crippen LogP) is 2.85. The Morgan fingerprint density at radius 2 is 1.85 bits per heavy atom. The van der Waals surface area contributed by atoms with E-state index in [0.29, 0.717) is 19.6 Å². The second-order valence-electron chi connectivity index (χ2n) is 5.88. The minimum atomic E-state index is -4.31. The lowest BCUT2D eigenvalue weighted by Crippen LogP contribution is -2.16. The van der Waals surface area contributed by atoms with Crippen molar-refractivity contribution in [3.63, 3.8) is 0 Å². The molecular formula is C17H19F3N6. The van der Waals surface area contributed by atoms with Gasteiger partial charge < -0.3 is 9.88 Å². The zero-order valence-corrected chi connectivity index (χ0v) is 14.2. The molecule has 6 nitrogen and oxygen atoms in total. The number of rotatable bonds is 7. The van der Waals surface area contributed by atoms with E-state index in [1.807, 2.05) is 17.7 Å². The maximum atomic E-state index is 12.6. The lowest BCUT2D eigenvalue weighted by atomic mass is 10.1. The van der Waals surface area contributed by atoms with Gasteiger partial charge in [0.25, 0.3) is 0 Å². The van der Waals surface area contributed by atoms with E-state index in [1.165, 1.54) is 12.1 Å². The number of hydrogen-bond donors (Lipinski definition) is 1. The minimum absolute atomic E-state index is 0.419. The molecule has 1 N–H and O–H groups in total. The van der Waals surface area contributed by atoms with E-state index in [9.17, 15) is 13.2 Å². The third-order valence-corrected chi connectivity index (χ3v) is 3.96. The van der Waals surface area contributed by atoms with E-state index < -0.39 is 11.7 Å². The Kier molecular flexibility index (Phi) is 5.36. The molecule has 0 spiro atoms. The number of alkyl halides is 3. The molecule has 0 unspecified atom stereocenters. The van der Waals surface area contributed by atoms with Crippen LogP contribution in [0.5, 0.6) is 0 Å². The van der Waals surface area contributed by atoms with E-state index in [1.54, 1.807) is 17.2 Å². The monoisotopic (exact) mass is 364 g/mol. The van der Waals surface area contributed by atoms with E-state index in [2.05, 4.69) is 20.6 Å². The zero-order valence-electron chi connectivity index (χ0n) is 14.2. The van der Waals surface area contributed by atoms with Crippen molar-refractivity contribution in [2.24, 2.45) is 0 Å². The average Bonchev–Trinajstić information content (AvgIpc) is 3.24. The average molecular weight is 364 g/mol. The molecule has 9 heteroatoms. The van der Waals surface area contributed by atoms with Gasteiger partial charge in [0, 0.05) is 24.8 Å². The van der Waals surface area contributed by atoms with Crippen molar-refractivity contribution in [1.82, 2.24) is 29.9 Å². The van der Waals surface area contributed by atoms with Gasteiger partial charge in [-0.1, -0.05) is 12.1 Å². The van der Waals surface area contributed by atoms with Gasteiger partial charge in [-0.05, 0) is 24.6 Å². The Balaban J connectivity index is 1.53. The van der Waals surface area contributed by atoms with Gasteiger partial charge in [-0.25, -0.2) is 0 Å². The van der Waals surface area contributed by atoms with Gasteiger partial charge in [-0.3, -0.25) is 4.68 Å². The van der Waals surface area contributed by atoms with Gasteiger partial charge in [0.1, 0.15) is 12.2 Å². The number of halogens is 3. The summed E-state index contributed by atoms with van der Waals surface area (Å²) in [7, 11) is 0. The van der Waals surface area contributed by atoms with E-state index in [4.69, 9.17) is 0 Å². The van der Waals surface area contributed by atoms with Crippen LogP contribution in [0.4, 0.5) is 13.2 Å². The van der Waals surface area contributed by atoms with Gasteiger partial charge in [0.15, 0.2) is 0 Å². The Hall–Kier alpha value is -2.68. The first-order valence-corrected chi connectivity index (χ1v) is 8.20. The third-order valence-electron chi connectivity index (χ3n) is 3.96. The lowest BCUT2D eigenvalue weighted by molar-refractivity contribution is -0.137. The van der Waals surface area contributed by atoms with Crippen LogP contribution >= 0.6 is 0 Å². The van der Waals surface area contributed by atoms with Crippen molar-refractivity contribution >= 4 is 0 Å². The van der Waals surface area contributed by atoms with Crippen molar-refractivity contribution in [2.75, 3.05) is 0 Å². The van der Waals surface area contributed by atoms with Gasteiger partial charge in [-0.2, -0.15) is 18.3 Å². The van der Waals surface area contributed by atoms with Gasteiger partial charge in [0.05, 0.1) is 24.8 Å². The molecule has 0 aliphatic carbocycles. The summed E-state index contributed by atoms with van der Waals surface area (Å²) in [4.78, 5) is 0. The van der Waals surface area contributed by atoms with Crippen LogP contribution in [0.25, 0.3) is 0 Å². The summed E-state index contributed by atoms with van der Waals surface area (Å²) in [5.74, 6) is 0.865. The standard InChI is InChI=1S/C17H19F3N6/c1-2-25-12-22-24-16(25)9-21-7-14-8-23-26(11-14)10-13-3-5-15(6-4-13)17(18,19)20/h3-6,8,11-12,21H,2,7,9-10H2,1H3. The summed E-state index contributed by atoms with van der Waals surface area (Å²) in [6, 6.07) is 5.12. The Morgan fingerprint density at radius 1 is 1.08 bits per heavy atom. The van der Waals surface area contributed by atoms with Gasteiger partial charge in [-0.15, -0.1) is 10.2 Å². The normalized spacial score (nSPS) is 11.8. The van der Waals surface area contributed by atoms with E-state index >= 15 is 0 Å². The number of aryl methyl sites for hydroxylation is 1. The molecule has 3 rings (SSSR count). The summed E-state index contributed by atoms with van der Waals surface area (Å²) >= 11 is 0. The first-order chi connectivity index (χ1) is 12.5.